The van der Waals surface area contributed by atoms with Gasteiger partial charge >= 0.3 is 0 Å². The Kier molecular flexibility index (Phi) is 4.27. The molecule has 0 atom stereocenters. The molecule has 0 heterocycles. The summed E-state index contributed by atoms with van der Waals surface area (Å²) in [5.74, 6) is 0.886. The highest BCUT2D eigenvalue weighted by Crippen LogP contribution is 2.34. The average molecular weight is 242 g/mol. The molecule has 0 aromatic rings. The van der Waals surface area contributed by atoms with Crippen LogP contribution in [0.1, 0.15) is 6.92 Å². The van der Waals surface area contributed by atoms with Crippen molar-refractivity contribution in [3.8, 4) is 0 Å². The molecule has 0 saturated carbocycles. The third kappa shape index (κ3) is 2.73. The molecule has 2 aliphatic rings. The third-order valence-electron chi connectivity index (χ3n) is 3.10. The minimum absolute atomic E-state index is 0.441. The second-order valence-corrected chi connectivity index (χ2v) is 4.85. The van der Waals surface area contributed by atoms with Gasteiger partial charge in [0, 0.05) is 11.8 Å². The molecular formula is C16H18S. The number of hydrogen-bond acceptors (Lipinski definition) is 1. The Labute approximate surface area is 108 Å². The van der Waals surface area contributed by atoms with Crippen LogP contribution >= 0.6 is 11.8 Å². The zero-order valence-corrected chi connectivity index (χ0v) is 11.2. The Morgan fingerprint density at radius 3 is 1.76 bits per heavy atom. The summed E-state index contributed by atoms with van der Waals surface area (Å²) in [6.07, 6.45) is 21.9. The Balaban J connectivity index is 2.28. The molecule has 2 rings (SSSR count). The van der Waals surface area contributed by atoms with Crippen molar-refractivity contribution in [2.75, 3.05) is 6.26 Å². The molecule has 88 valence electrons. The number of thioether (sulfide) groups is 1. The lowest BCUT2D eigenvalue weighted by atomic mass is 9.87. The fourth-order valence-corrected chi connectivity index (χ4v) is 2.84. The van der Waals surface area contributed by atoms with Gasteiger partial charge in [0.05, 0.1) is 0 Å². The minimum Gasteiger partial charge on any atom is -0.137 e. The van der Waals surface area contributed by atoms with Gasteiger partial charge < -0.3 is 0 Å². The predicted octanol–water partition coefficient (Wildman–Crippen LogP) is 4.66. The number of hydrogen-bond donors (Lipinski definition) is 0. The summed E-state index contributed by atoms with van der Waals surface area (Å²) in [5.41, 5.74) is 2.84. The lowest BCUT2D eigenvalue weighted by Gasteiger charge is -2.19. The van der Waals surface area contributed by atoms with Crippen LogP contribution in [0.5, 0.6) is 0 Å². The van der Waals surface area contributed by atoms with Crippen molar-refractivity contribution in [3.63, 3.8) is 0 Å². The molecule has 0 nitrogen and oxygen atoms in total. The highest BCUT2D eigenvalue weighted by Gasteiger charge is 2.19. The molecule has 0 spiro atoms. The Hall–Kier alpha value is -1.21. The molecule has 0 bridgehead atoms. The van der Waals surface area contributed by atoms with Gasteiger partial charge in [-0.15, -0.1) is 11.8 Å². The van der Waals surface area contributed by atoms with E-state index in [2.05, 4.69) is 73.3 Å². The van der Waals surface area contributed by atoms with Crippen LogP contribution in [-0.2, 0) is 0 Å². The first-order chi connectivity index (χ1) is 8.36. The Bertz CT molecular complexity index is 420. The average Bonchev–Trinajstić information content (AvgIpc) is 3.02. The van der Waals surface area contributed by atoms with Crippen molar-refractivity contribution in [2.24, 2.45) is 11.8 Å². The van der Waals surface area contributed by atoms with Crippen LogP contribution in [0.2, 0.25) is 0 Å². The van der Waals surface area contributed by atoms with E-state index in [0.29, 0.717) is 11.8 Å². The topological polar surface area (TPSA) is 0 Å². The van der Waals surface area contributed by atoms with Gasteiger partial charge in [0.2, 0.25) is 0 Å². The smallest absolute Gasteiger partial charge is 0.0212 e. The van der Waals surface area contributed by atoms with Crippen LogP contribution in [0.3, 0.4) is 0 Å². The first-order valence-corrected chi connectivity index (χ1v) is 7.25. The summed E-state index contributed by atoms with van der Waals surface area (Å²) >= 11 is 1.78. The van der Waals surface area contributed by atoms with E-state index >= 15 is 0 Å². The monoisotopic (exact) mass is 242 g/mol. The summed E-state index contributed by atoms with van der Waals surface area (Å²) in [6.45, 7) is 2.13. The maximum atomic E-state index is 2.28. The lowest BCUT2D eigenvalue weighted by molar-refractivity contribution is 0.903. The molecule has 0 N–H and O–H groups in total. The fourth-order valence-electron chi connectivity index (χ4n) is 2.30. The number of allylic oxidation sites excluding steroid dienone is 11. The van der Waals surface area contributed by atoms with Crippen molar-refractivity contribution in [2.45, 2.75) is 6.92 Å². The molecular weight excluding hydrogens is 224 g/mol. The molecule has 0 aromatic heterocycles. The van der Waals surface area contributed by atoms with Gasteiger partial charge in [0.15, 0.2) is 0 Å². The highest BCUT2D eigenvalue weighted by atomic mass is 32.2. The molecule has 0 aromatic carbocycles. The summed E-state index contributed by atoms with van der Waals surface area (Å²) < 4.78 is 0. The summed E-state index contributed by atoms with van der Waals surface area (Å²) in [4.78, 5) is 0. The van der Waals surface area contributed by atoms with Gasteiger partial charge in [0.1, 0.15) is 0 Å². The van der Waals surface area contributed by atoms with Crippen molar-refractivity contribution in [1.82, 2.24) is 0 Å². The third-order valence-corrected chi connectivity index (χ3v) is 3.59. The van der Waals surface area contributed by atoms with Crippen molar-refractivity contribution >= 4 is 11.8 Å². The van der Waals surface area contributed by atoms with Gasteiger partial charge in [-0.05, 0) is 29.7 Å². The number of rotatable bonds is 4. The zero-order chi connectivity index (χ0) is 12.1. The second-order valence-electron chi connectivity index (χ2n) is 4.14. The first kappa shape index (κ1) is 12.3. The van der Waals surface area contributed by atoms with Gasteiger partial charge in [-0.2, -0.15) is 0 Å². The SMILES string of the molecule is C/C=C(\C(=C/SC)C1C=CC=C1)C1C=CC=C1. The van der Waals surface area contributed by atoms with E-state index in [4.69, 9.17) is 0 Å². The maximum Gasteiger partial charge on any atom is 0.0212 e. The molecule has 0 unspecified atom stereocenters. The van der Waals surface area contributed by atoms with Gasteiger partial charge in [-0.3, -0.25) is 0 Å². The van der Waals surface area contributed by atoms with Crippen LogP contribution in [0.15, 0.2) is 71.2 Å². The Morgan fingerprint density at radius 1 is 0.882 bits per heavy atom. The molecule has 0 amide bonds. The van der Waals surface area contributed by atoms with E-state index in [0.717, 1.165) is 0 Å². The normalized spacial score (nSPS) is 21.1. The summed E-state index contributed by atoms with van der Waals surface area (Å²) in [7, 11) is 0. The van der Waals surface area contributed by atoms with E-state index in [-0.39, 0.29) is 0 Å². The van der Waals surface area contributed by atoms with Crippen molar-refractivity contribution in [1.29, 1.82) is 0 Å². The maximum absolute atomic E-state index is 2.28. The van der Waals surface area contributed by atoms with Crippen LogP contribution in [-0.4, -0.2) is 6.26 Å². The van der Waals surface area contributed by atoms with E-state index < -0.39 is 0 Å². The standard InChI is InChI=1S/C16H18S/c1-3-15(13-8-4-5-9-13)16(12-17-2)14-10-6-7-11-14/h3-14H,1-2H3/b15-3-,16-12-. The lowest BCUT2D eigenvalue weighted by Crippen LogP contribution is -2.05. The van der Waals surface area contributed by atoms with Crippen LogP contribution in [0.4, 0.5) is 0 Å². The molecule has 17 heavy (non-hydrogen) atoms. The second kappa shape index (κ2) is 5.92. The van der Waals surface area contributed by atoms with Crippen molar-refractivity contribution < 1.29 is 0 Å². The van der Waals surface area contributed by atoms with Crippen LogP contribution in [0.25, 0.3) is 0 Å². The molecule has 1 heteroatoms. The zero-order valence-electron chi connectivity index (χ0n) is 10.3. The molecule has 2 aliphatic carbocycles. The summed E-state index contributed by atoms with van der Waals surface area (Å²) in [5, 5.41) is 2.28. The largest absolute Gasteiger partial charge is 0.137 e. The highest BCUT2D eigenvalue weighted by molar-refractivity contribution is 8.01. The molecule has 0 fully saturated rings. The van der Waals surface area contributed by atoms with Gasteiger partial charge in [-0.1, -0.05) is 54.7 Å². The fraction of sp³-hybridized carbons (Fsp3) is 0.250. The van der Waals surface area contributed by atoms with Gasteiger partial charge in [0.25, 0.3) is 0 Å². The van der Waals surface area contributed by atoms with E-state index in [9.17, 15) is 0 Å². The van der Waals surface area contributed by atoms with Gasteiger partial charge in [-0.25, -0.2) is 0 Å². The summed E-state index contributed by atoms with van der Waals surface area (Å²) in [6, 6.07) is 0. The molecule has 0 radical (unpaired) electrons. The Morgan fingerprint density at radius 2 is 1.35 bits per heavy atom. The van der Waals surface area contributed by atoms with E-state index in [1.165, 1.54) is 11.1 Å². The minimum atomic E-state index is 0.441. The van der Waals surface area contributed by atoms with E-state index in [1.807, 2.05) is 0 Å². The molecule has 0 aliphatic heterocycles. The van der Waals surface area contributed by atoms with Crippen LogP contribution in [0, 0.1) is 11.8 Å². The quantitative estimate of drug-likeness (QED) is 0.646. The van der Waals surface area contributed by atoms with Crippen LogP contribution < -0.4 is 0 Å². The molecule has 0 saturated heterocycles. The predicted molar refractivity (Wildman–Crippen MR) is 78.9 cm³/mol. The van der Waals surface area contributed by atoms with E-state index in [1.54, 1.807) is 11.8 Å². The first-order valence-electron chi connectivity index (χ1n) is 5.96. The van der Waals surface area contributed by atoms with Crippen molar-refractivity contribution in [3.05, 3.63) is 71.2 Å².